The summed E-state index contributed by atoms with van der Waals surface area (Å²) in [6.45, 7) is 3.16. The molecule has 2 aromatic rings. The van der Waals surface area contributed by atoms with Gasteiger partial charge in [-0.25, -0.2) is 9.59 Å². The predicted octanol–water partition coefficient (Wildman–Crippen LogP) is 3.03. The largest absolute Gasteiger partial charge is 0.467 e. The molecule has 0 bridgehead atoms. The molecule has 1 aromatic heterocycles. The van der Waals surface area contributed by atoms with Crippen LogP contribution in [0.15, 0.2) is 30.5 Å². The van der Waals surface area contributed by atoms with Crippen LogP contribution in [0.3, 0.4) is 0 Å². The fourth-order valence-corrected chi connectivity index (χ4v) is 4.24. The van der Waals surface area contributed by atoms with Crippen LogP contribution in [0.25, 0.3) is 11.3 Å². The molecular formula is C25H33N5O6. The molecule has 0 spiro atoms. The monoisotopic (exact) mass is 499 g/mol. The van der Waals surface area contributed by atoms with E-state index in [2.05, 4.69) is 21.0 Å². The van der Waals surface area contributed by atoms with Gasteiger partial charge in [-0.3, -0.25) is 14.3 Å². The number of nitrogens with zero attached hydrogens (tertiary/aromatic N) is 2. The molecule has 1 atom stereocenters. The number of aromatic nitrogens is 2. The Morgan fingerprint density at radius 3 is 2.56 bits per heavy atom. The summed E-state index contributed by atoms with van der Waals surface area (Å²) in [5, 5.41) is 12.4. The lowest BCUT2D eigenvalue weighted by Gasteiger charge is -2.25. The van der Waals surface area contributed by atoms with Gasteiger partial charge in [0.1, 0.15) is 12.6 Å². The first-order chi connectivity index (χ1) is 17.3. The molecule has 11 heteroatoms. The van der Waals surface area contributed by atoms with Crippen molar-refractivity contribution in [2.24, 2.45) is 0 Å². The fourth-order valence-electron chi connectivity index (χ4n) is 4.24. The summed E-state index contributed by atoms with van der Waals surface area (Å²) in [5.41, 5.74) is 1.84. The third kappa shape index (κ3) is 6.61. The minimum absolute atomic E-state index is 0.0963. The number of methoxy groups -OCH3 is 1. The number of hydrogen-bond acceptors (Lipinski definition) is 7. The molecule has 3 N–H and O–H groups in total. The zero-order valence-corrected chi connectivity index (χ0v) is 20.8. The summed E-state index contributed by atoms with van der Waals surface area (Å²) in [4.78, 5) is 49.2. The molecule has 1 fully saturated rings. The third-order valence-electron chi connectivity index (χ3n) is 5.99. The molecule has 0 radical (unpaired) electrons. The lowest BCUT2D eigenvalue weighted by Crippen LogP contribution is -2.39. The van der Waals surface area contributed by atoms with Gasteiger partial charge < -0.3 is 25.4 Å². The number of benzene rings is 1. The molecule has 3 rings (SSSR count). The molecule has 1 aliphatic rings. The van der Waals surface area contributed by atoms with Gasteiger partial charge in [0, 0.05) is 5.56 Å². The van der Waals surface area contributed by atoms with Gasteiger partial charge in [-0.05, 0) is 32.8 Å². The number of urea groups is 1. The maximum absolute atomic E-state index is 13.2. The van der Waals surface area contributed by atoms with Gasteiger partial charge in [-0.1, -0.05) is 37.5 Å². The highest BCUT2D eigenvalue weighted by molar-refractivity contribution is 6.04. The van der Waals surface area contributed by atoms with Gasteiger partial charge in [-0.2, -0.15) is 5.10 Å². The maximum Gasteiger partial charge on any atom is 0.328 e. The van der Waals surface area contributed by atoms with Crippen molar-refractivity contribution < 1.29 is 28.7 Å². The SMILES string of the molecule is CCOC(=O)CNC(=O)Nc1ccccc1-c1c(C(=O)N[C@@H](C)C(=O)OC)cnn1C1CCCCC1. The van der Waals surface area contributed by atoms with E-state index in [-0.39, 0.29) is 24.8 Å². The standard InChI is InChI=1S/C25H33N5O6/c1-4-36-21(31)15-26-25(34)29-20-13-9-8-12-18(20)22-19(23(32)28-16(2)24(33)35-3)14-27-30(22)17-10-6-5-7-11-17/h8-9,12-14,16-17H,4-7,10-11,15H2,1-3H3,(H,28,32)(H2,26,29,34)/t16-/m0/s1. The predicted molar refractivity (Wildman–Crippen MR) is 132 cm³/mol. The number of carbonyl (C=O) groups excluding carboxylic acids is 4. The number of rotatable bonds is 9. The van der Waals surface area contributed by atoms with Crippen molar-refractivity contribution in [3.8, 4) is 11.3 Å². The fraction of sp³-hybridized carbons (Fsp3) is 0.480. The van der Waals surface area contributed by atoms with Gasteiger partial charge in [0.15, 0.2) is 0 Å². The van der Waals surface area contributed by atoms with E-state index in [4.69, 9.17) is 9.47 Å². The van der Waals surface area contributed by atoms with Crippen LogP contribution < -0.4 is 16.0 Å². The Labute approximate surface area is 209 Å². The van der Waals surface area contributed by atoms with Gasteiger partial charge in [0.2, 0.25) is 0 Å². The normalized spacial score (nSPS) is 14.4. The van der Waals surface area contributed by atoms with Gasteiger partial charge in [0.25, 0.3) is 5.91 Å². The molecule has 0 unspecified atom stereocenters. The molecular weight excluding hydrogens is 466 g/mol. The van der Waals surface area contributed by atoms with Crippen LogP contribution in [0.2, 0.25) is 0 Å². The molecule has 36 heavy (non-hydrogen) atoms. The van der Waals surface area contributed by atoms with E-state index < -0.39 is 29.9 Å². The molecule has 1 aliphatic carbocycles. The highest BCUT2D eigenvalue weighted by atomic mass is 16.5. The van der Waals surface area contributed by atoms with E-state index in [1.54, 1.807) is 38.1 Å². The van der Waals surface area contributed by atoms with Crippen LogP contribution in [0.1, 0.15) is 62.4 Å². The van der Waals surface area contributed by atoms with Crippen LogP contribution in [0, 0.1) is 0 Å². The lowest BCUT2D eigenvalue weighted by molar-refractivity contribution is -0.142. The molecule has 0 aliphatic heterocycles. The lowest BCUT2D eigenvalue weighted by atomic mass is 9.94. The minimum Gasteiger partial charge on any atom is -0.467 e. The van der Waals surface area contributed by atoms with Gasteiger partial charge in [0.05, 0.1) is 42.9 Å². The first kappa shape index (κ1) is 26.7. The van der Waals surface area contributed by atoms with E-state index >= 15 is 0 Å². The minimum atomic E-state index is -0.851. The van der Waals surface area contributed by atoms with Crippen molar-refractivity contribution >= 4 is 29.6 Å². The summed E-state index contributed by atoms with van der Waals surface area (Å²) in [6.07, 6.45) is 6.59. The second kappa shape index (κ2) is 12.7. The smallest absolute Gasteiger partial charge is 0.328 e. The summed E-state index contributed by atoms with van der Waals surface area (Å²) in [5.74, 6) is -1.59. The number of esters is 2. The number of nitrogens with one attached hydrogen (secondary N) is 3. The van der Waals surface area contributed by atoms with Crippen LogP contribution >= 0.6 is 0 Å². The molecule has 3 amide bonds. The van der Waals surface area contributed by atoms with Gasteiger partial charge >= 0.3 is 18.0 Å². The molecule has 11 nitrogen and oxygen atoms in total. The maximum atomic E-state index is 13.2. The molecule has 1 saturated carbocycles. The number of hydrogen-bond donors (Lipinski definition) is 3. The average molecular weight is 500 g/mol. The number of amides is 3. The summed E-state index contributed by atoms with van der Waals surface area (Å²) in [6, 6.07) is 5.70. The Bertz CT molecular complexity index is 1090. The molecule has 194 valence electrons. The van der Waals surface area contributed by atoms with Crippen molar-refractivity contribution in [1.82, 2.24) is 20.4 Å². The number of para-hydroxylation sites is 1. The van der Waals surface area contributed by atoms with Crippen LogP contribution in [0.5, 0.6) is 0 Å². The highest BCUT2D eigenvalue weighted by Crippen LogP contribution is 2.36. The van der Waals surface area contributed by atoms with Crippen molar-refractivity contribution in [2.45, 2.75) is 58.0 Å². The summed E-state index contributed by atoms with van der Waals surface area (Å²) in [7, 11) is 1.26. The third-order valence-corrected chi connectivity index (χ3v) is 5.99. The van der Waals surface area contributed by atoms with Crippen LogP contribution in [-0.2, 0) is 19.1 Å². The molecule has 1 heterocycles. The average Bonchev–Trinajstić information content (AvgIpc) is 3.33. The molecule has 0 saturated heterocycles. The zero-order valence-electron chi connectivity index (χ0n) is 20.8. The summed E-state index contributed by atoms with van der Waals surface area (Å²) < 4.78 is 11.4. The van der Waals surface area contributed by atoms with E-state index in [1.807, 2.05) is 4.68 Å². The highest BCUT2D eigenvalue weighted by Gasteiger charge is 2.28. The zero-order chi connectivity index (χ0) is 26.1. The van der Waals surface area contributed by atoms with Crippen molar-refractivity contribution in [3.05, 3.63) is 36.0 Å². The topological polar surface area (TPSA) is 141 Å². The Kier molecular flexibility index (Phi) is 9.43. The van der Waals surface area contributed by atoms with E-state index in [1.165, 1.54) is 13.3 Å². The Morgan fingerprint density at radius 2 is 1.86 bits per heavy atom. The van der Waals surface area contributed by atoms with Crippen molar-refractivity contribution in [1.29, 1.82) is 0 Å². The van der Waals surface area contributed by atoms with E-state index in [9.17, 15) is 19.2 Å². The number of carbonyl (C=O) groups is 4. The quantitative estimate of drug-likeness (QED) is 0.450. The number of anilines is 1. The van der Waals surface area contributed by atoms with Crippen LogP contribution in [-0.4, -0.2) is 60.0 Å². The second-order valence-electron chi connectivity index (χ2n) is 8.52. The van der Waals surface area contributed by atoms with Gasteiger partial charge in [-0.15, -0.1) is 0 Å². The Hall–Kier alpha value is -3.89. The first-order valence-electron chi connectivity index (χ1n) is 12.1. The Balaban J connectivity index is 1.95. The van der Waals surface area contributed by atoms with Crippen molar-refractivity contribution in [3.63, 3.8) is 0 Å². The van der Waals surface area contributed by atoms with E-state index in [0.717, 1.165) is 32.1 Å². The Morgan fingerprint density at radius 1 is 1.14 bits per heavy atom. The first-order valence-corrected chi connectivity index (χ1v) is 12.1. The second-order valence-corrected chi connectivity index (χ2v) is 8.52. The molecule has 1 aromatic carbocycles. The number of ether oxygens (including phenoxy) is 2. The van der Waals surface area contributed by atoms with Crippen LogP contribution in [0.4, 0.5) is 10.5 Å². The van der Waals surface area contributed by atoms with E-state index in [0.29, 0.717) is 16.9 Å². The van der Waals surface area contributed by atoms with Crippen molar-refractivity contribution in [2.75, 3.05) is 25.6 Å². The summed E-state index contributed by atoms with van der Waals surface area (Å²) >= 11 is 0.